The lowest BCUT2D eigenvalue weighted by Gasteiger charge is -2.19. The number of carbonyl (C=O) groups is 1. The van der Waals surface area contributed by atoms with Crippen LogP contribution in [0.15, 0.2) is 24.3 Å². The number of rotatable bonds is 8. The zero-order valence-corrected chi connectivity index (χ0v) is 16.3. The third-order valence-corrected chi connectivity index (χ3v) is 3.20. The summed E-state index contributed by atoms with van der Waals surface area (Å²) in [7, 11) is 0. The fourth-order valence-electron chi connectivity index (χ4n) is 1.80. The highest BCUT2D eigenvalue weighted by molar-refractivity contribution is 7.80. The Labute approximate surface area is 155 Å². The largest absolute Gasteiger partial charge is 0.494 e. The lowest BCUT2D eigenvalue weighted by Crippen LogP contribution is -2.39. The van der Waals surface area contributed by atoms with Crippen LogP contribution in [0.3, 0.4) is 0 Å². The predicted octanol–water partition coefficient (Wildman–Crippen LogP) is 3.68. The number of amides is 1. The second-order valence-corrected chi connectivity index (χ2v) is 6.94. The van der Waals surface area contributed by atoms with Crippen LogP contribution in [0.5, 0.6) is 5.75 Å². The molecule has 1 amide bonds. The molecule has 0 atom stereocenters. The number of unbranched alkanes of at least 4 members (excludes halogenated alkanes) is 1. The molecule has 0 aliphatic heterocycles. The quantitative estimate of drug-likeness (QED) is 0.481. The van der Waals surface area contributed by atoms with Crippen molar-refractivity contribution in [2.75, 3.05) is 25.0 Å². The Hall–Kier alpha value is -2.02. The van der Waals surface area contributed by atoms with Crippen molar-refractivity contribution in [3.05, 3.63) is 24.3 Å². The van der Waals surface area contributed by atoms with Crippen molar-refractivity contribution in [3.8, 4) is 5.75 Å². The fourth-order valence-corrected chi connectivity index (χ4v) is 2.02. The molecular weight excluding hydrogens is 338 g/mol. The van der Waals surface area contributed by atoms with Crippen LogP contribution in [0.25, 0.3) is 0 Å². The molecule has 0 aliphatic carbocycles. The molecule has 6 nitrogen and oxygen atoms in total. The van der Waals surface area contributed by atoms with E-state index in [-0.39, 0.29) is 0 Å². The van der Waals surface area contributed by atoms with Gasteiger partial charge in [-0.3, -0.25) is 0 Å². The van der Waals surface area contributed by atoms with Crippen molar-refractivity contribution in [2.24, 2.45) is 0 Å². The van der Waals surface area contributed by atoms with Gasteiger partial charge in [-0.2, -0.15) is 0 Å². The van der Waals surface area contributed by atoms with Crippen LogP contribution in [0.4, 0.5) is 10.5 Å². The Balaban J connectivity index is 2.22. The van der Waals surface area contributed by atoms with E-state index >= 15 is 0 Å². The van der Waals surface area contributed by atoms with E-state index in [1.807, 2.05) is 45.0 Å². The van der Waals surface area contributed by atoms with E-state index in [0.717, 1.165) is 30.9 Å². The number of carbonyl (C=O) groups excluding carboxylic acids is 1. The Morgan fingerprint density at radius 2 is 1.76 bits per heavy atom. The summed E-state index contributed by atoms with van der Waals surface area (Å²) in [6.45, 7) is 9.25. The van der Waals surface area contributed by atoms with Gasteiger partial charge in [-0.1, -0.05) is 13.3 Å². The first-order valence-corrected chi connectivity index (χ1v) is 8.95. The molecule has 0 aromatic heterocycles. The van der Waals surface area contributed by atoms with Crippen molar-refractivity contribution in [1.82, 2.24) is 10.6 Å². The molecule has 0 saturated carbocycles. The average Bonchev–Trinajstić information content (AvgIpc) is 2.52. The predicted molar refractivity (Wildman–Crippen MR) is 105 cm³/mol. The first-order chi connectivity index (χ1) is 11.8. The normalized spacial score (nSPS) is 10.7. The molecule has 0 fully saturated rings. The second kappa shape index (κ2) is 10.8. The summed E-state index contributed by atoms with van der Waals surface area (Å²) < 4.78 is 10.8. The van der Waals surface area contributed by atoms with Gasteiger partial charge in [-0.25, -0.2) is 4.79 Å². The van der Waals surface area contributed by atoms with E-state index in [4.69, 9.17) is 21.7 Å². The number of benzene rings is 1. The summed E-state index contributed by atoms with van der Waals surface area (Å²) in [4.78, 5) is 11.5. The number of alkyl carbamates (subject to hydrolysis) is 1. The van der Waals surface area contributed by atoms with Gasteiger partial charge in [-0.05, 0) is 63.7 Å². The molecule has 0 bridgehead atoms. The molecule has 1 aromatic rings. The molecule has 0 aliphatic rings. The van der Waals surface area contributed by atoms with Gasteiger partial charge < -0.3 is 25.4 Å². The van der Waals surface area contributed by atoms with Gasteiger partial charge in [0.2, 0.25) is 0 Å². The molecule has 0 unspecified atom stereocenters. The highest BCUT2D eigenvalue weighted by Gasteiger charge is 2.15. The lowest BCUT2D eigenvalue weighted by molar-refractivity contribution is 0.0529. The Morgan fingerprint density at radius 1 is 1.12 bits per heavy atom. The summed E-state index contributed by atoms with van der Waals surface area (Å²) in [5.74, 6) is 0.847. The van der Waals surface area contributed by atoms with Crippen LogP contribution >= 0.6 is 12.2 Å². The molecule has 140 valence electrons. The van der Waals surface area contributed by atoms with Gasteiger partial charge in [0.15, 0.2) is 5.11 Å². The van der Waals surface area contributed by atoms with E-state index < -0.39 is 11.7 Å². The molecule has 25 heavy (non-hydrogen) atoms. The third-order valence-electron chi connectivity index (χ3n) is 2.96. The van der Waals surface area contributed by atoms with Crippen LogP contribution in [-0.4, -0.2) is 36.5 Å². The van der Waals surface area contributed by atoms with Crippen molar-refractivity contribution < 1.29 is 14.3 Å². The smallest absolute Gasteiger partial charge is 0.407 e. The zero-order chi connectivity index (χ0) is 18.7. The lowest BCUT2D eigenvalue weighted by atomic mass is 10.2. The van der Waals surface area contributed by atoms with Crippen LogP contribution < -0.4 is 20.7 Å². The maximum atomic E-state index is 11.5. The number of ether oxygens (including phenoxy) is 2. The van der Waals surface area contributed by atoms with E-state index in [1.54, 1.807) is 0 Å². The average molecular weight is 368 g/mol. The first-order valence-electron chi connectivity index (χ1n) is 8.54. The van der Waals surface area contributed by atoms with Crippen molar-refractivity contribution in [1.29, 1.82) is 0 Å². The summed E-state index contributed by atoms with van der Waals surface area (Å²) in [5, 5.41) is 9.26. The number of anilines is 1. The van der Waals surface area contributed by atoms with E-state index in [9.17, 15) is 4.79 Å². The van der Waals surface area contributed by atoms with Crippen LogP contribution in [0.1, 0.15) is 40.5 Å². The topological polar surface area (TPSA) is 71.6 Å². The van der Waals surface area contributed by atoms with Gasteiger partial charge in [0.05, 0.1) is 6.61 Å². The van der Waals surface area contributed by atoms with E-state index in [1.165, 1.54) is 0 Å². The van der Waals surface area contributed by atoms with Crippen molar-refractivity contribution >= 4 is 29.1 Å². The van der Waals surface area contributed by atoms with E-state index in [0.29, 0.717) is 18.2 Å². The van der Waals surface area contributed by atoms with E-state index in [2.05, 4.69) is 22.9 Å². The summed E-state index contributed by atoms with van der Waals surface area (Å²) in [5.41, 5.74) is 0.376. The standard InChI is InChI=1S/C18H29N3O3S/c1-5-6-13-23-15-9-7-14(8-10-15)21-16(25)19-11-12-20-17(22)24-18(2,3)4/h7-10H,5-6,11-13H2,1-4H3,(H,20,22)(H2,19,21,25). The third kappa shape index (κ3) is 10.4. The summed E-state index contributed by atoms with van der Waals surface area (Å²) >= 11 is 5.22. The van der Waals surface area contributed by atoms with Gasteiger partial charge >= 0.3 is 6.09 Å². The molecule has 7 heteroatoms. The molecule has 0 saturated heterocycles. The van der Waals surface area contributed by atoms with Gasteiger partial charge in [0, 0.05) is 18.8 Å². The van der Waals surface area contributed by atoms with Crippen molar-refractivity contribution in [3.63, 3.8) is 0 Å². The molecule has 1 aromatic carbocycles. The second-order valence-electron chi connectivity index (χ2n) is 6.54. The molecule has 0 heterocycles. The molecule has 3 N–H and O–H groups in total. The molecule has 0 radical (unpaired) electrons. The van der Waals surface area contributed by atoms with Crippen LogP contribution in [-0.2, 0) is 4.74 Å². The van der Waals surface area contributed by atoms with Crippen molar-refractivity contribution in [2.45, 2.75) is 46.1 Å². The van der Waals surface area contributed by atoms with Crippen LogP contribution in [0.2, 0.25) is 0 Å². The van der Waals surface area contributed by atoms with Gasteiger partial charge in [0.1, 0.15) is 11.4 Å². The monoisotopic (exact) mass is 367 g/mol. The minimum absolute atomic E-state index is 0.418. The summed E-state index contributed by atoms with van der Waals surface area (Å²) in [6.07, 6.45) is 1.72. The number of hydrogen-bond donors (Lipinski definition) is 3. The molecule has 0 spiro atoms. The van der Waals surface area contributed by atoms with Gasteiger partial charge in [0.25, 0.3) is 0 Å². The van der Waals surface area contributed by atoms with Crippen LogP contribution in [0, 0.1) is 0 Å². The first kappa shape index (κ1) is 21.0. The Kier molecular flexibility index (Phi) is 9.05. The highest BCUT2D eigenvalue weighted by Crippen LogP contribution is 2.15. The maximum absolute atomic E-state index is 11.5. The fraction of sp³-hybridized carbons (Fsp3) is 0.556. The summed E-state index contributed by atoms with van der Waals surface area (Å²) in [6, 6.07) is 7.64. The minimum atomic E-state index is -0.499. The number of nitrogens with one attached hydrogen (secondary N) is 3. The SMILES string of the molecule is CCCCOc1ccc(NC(=S)NCCNC(=O)OC(C)(C)C)cc1. The zero-order valence-electron chi connectivity index (χ0n) is 15.5. The Bertz CT molecular complexity index is 541. The maximum Gasteiger partial charge on any atom is 0.407 e. The highest BCUT2D eigenvalue weighted by atomic mass is 32.1. The number of hydrogen-bond acceptors (Lipinski definition) is 4. The number of thiocarbonyl (C=S) groups is 1. The molecule has 1 rings (SSSR count). The minimum Gasteiger partial charge on any atom is -0.494 e. The Morgan fingerprint density at radius 3 is 2.36 bits per heavy atom. The van der Waals surface area contributed by atoms with Gasteiger partial charge in [-0.15, -0.1) is 0 Å². The molecular formula is C18H29N3O3S.